The van der Waals surface area contributed by atoms with Crippen LogP contribution in [-0.4, -0.2) is 21.6 Å². The average molecular weight is 436 g/mol. The van der Waals surface area contributed by atoms with Crippen LogP contribution in [0, 0.1) is 12.8 Å². The lowest BCUT2D eigenvalue weighted by Crippen LogP contribution is -2.40. The van der Waals surface area contributed by atoms with E-state index in [1.165, 1.54) is 4.57 Å². The summed E-state index contributed by atoms with van der Waals surface area (Å²) >= 11 is 0. The normalized spacial score (nSPS) is 11.2. The van der Waals surface area contributed by atoms with Crippen molar-refractivity contribution in [3.05, 3.63) is 80.5 Å². The average Bonchev–Trinajstić information content (AvgIpc) is 2.76. The van der Waals surface area contributed by atoms with Gasteiger partial charge in [0.15, 0.2) is 0 Å². The predicted octanol–water partition coefficient (Wildman–Crippen LogP) is 3.85. The lowest BCUT2D eigenvalue weighted by atomic mass is 10.1. The Bertz CT molecular complexity index is 1190. The van der Waals surface area contributed by atoms with E-state index in [1.54, 1.807) is 10.6 Å². The molecule has 1 heterocycles. The van der Waals surface area contributed by atoms with Crippen LogP contribution in [0.15, 0.2) is 58.1 Å². The number of fused-ring (bicyclic) bond motifs is 1. The summed E-state index contributed by atoms with van der Waals surface area (Å²) in [6.07, 6.45) is 2.58. The minimum atomic E-state index is -0.309. The summed E-state index contributed by atoms with van der Waals surface area (Å²) < 4.78 is 2.99. The minimum absolute atomic E-state index is 0.0216. The van der Waals surface area contributed by atoms with Crippen molar-refractivity contribution in [2.45, 2.75) is 59.5 Å². The lowest BCUT2D eigenvalue weighted by Gasteiger charge is -2.14. The predicted molar refractivity (Wildman–Crippen MR) is 129 cm³/mol. The zero-order valence-electron chi connectivity index (χ0n) is 19.3. The molecular weight excluding hydrogens is 402 g/mol. The number of aryl methyl sites for hydroxylation is 1. The SMILES string of the molecule is Cc1cccc(Cn2c(=O)n(CCCCC(=O)NCCC(C)C)c(=O)c3ccccc32)c1. The molecule has 0 saturated heterocycles. The molecule has 6 heteroatoms. The molecule has 1 aromatic heterocycles. The summed E-state index contributed by atoms with van der Waals surface area (Å²) in [5.41, 5.74) is 2.20. The number of rotatable bonds is 10. The molecule has 0 saturated carbocycles. The number of carbonyl (C=O) groups is 1. The smallest absolute Gasteiger partial charge is 0.331 e. The van der Waals surface area contributed by atoms with Crippen LogP contribution in [0.3, 0.4) is 0 Å². The lowest BCUT2D eigenvalue weighted by molar-refractivity contribution is -0.121. The molecule has 0 bridgehead atoms. The molecule has 32 heavy (non-hydrogen) atoms. The number of nitrogens with zero attached hydrogens (tertiary/aromatic N) is 2. The molecule has 0 unspecified atom stereocenters. The standard InChI is InChI=1S/C26H33N3O3/c1-19(2)14-15-27-24(30)13-6-7-16-28-25(31)22-11-4-5-12-23(22)29(26(28)32)18-21-10-8-9-20(3)17-21/h4-5,8-12,17,19H,6-7,13-16,18H2,1-3H3,(H,27,30). The van der Waals surface area contributed by atoms with Crippen molar-refractivity contribution in [1.29, 1.82) is 0 Å². The fraction of sp³-hybridized carbons (Fsp3) is 0.423. The molecule has 6 nitrogen and oxygen atoms in total. The highest BCUT2D eigenvalue weighted by molar-refractivity contribution is 5.78. The zero-order chi connectivity index (χ0) is 23.1. The fourth-order valence-corrected chi connectivity index (χ4v) is 3.86. The van der Waals surface area contributed by atoms with Crippen LogP contribution in [0.4, 0.5) is 0 Å². The number of aromatic nitrogens is 2. The van der Waals surface area contributed by atoms with E-state index in [2.05, 4.69) is 25.2 Å². The van der Waals surface area contributed by atoms with Crippen molar-refractivity contribution >= 4 is 16.8 Å². The molecule has 0 aliphatic heterocycles. The first-order valence-corrected chi connectivity index (χ1v) is 11.4. The summed E-state index contributed by atoms with van der Waals surface area (Å²) in [5.74, 6) is 0.574. The number of benzene rings is 2. The number of hydrogen-bond acceptors (Lipinski definition) is 3. The van der Waals surface area contributed by atoms with E-state index in [4.69, 9.17) is 0 Å². The van der Waals surface area contributed by atoms with Gasteiger partial charge in [0.2, 0.25) is 5.91 Å². The number of nitrogens with one attached hydrogen (secondary N) is 1. The summed E-state index contributed by atoms with van der Waals surface area (Å²) in [4.78, 5) is 38.3. The molecule has 1 N–H and O–H groups in total. The molecule has 0 radical (unpaired) electrons. The summed E-state index contributed by atoms with van der Waals surface area (Å²) in [6.45, 7) is 7.65. The Morgan fingerprint density at radius 3 is 2.53 bits per heavy atom. The molecule has 0 fully saturated rings. The maximum Gasteiger partial charge on any atom is 0.331 e. The highest BCUT2D eigenvalue weighted by Crippen LogP contribution is 2.12. The van der Waals surface area contributed by atoms with Gasteiger partial charge in [-0.05, 0) is 49.8 Å². The van der Waals surface area contributed by atoms with E-state index < -0.39 is 0 Å². The van der Waals surface area contributed by atoms with Gasteiger partial charge in [0.1, 0.15) is 0 Å². The Balaban J connectivity index is 1.76. The number of carbonyl (C=O) groups excluding carboxylic acids is 1. The van der Waals surface area contributed by atoms with E-state index in [-0.39, 0.29) is 17.2 Å². The van der Waals surface area contributed by atoms with E-state index in [9.17, 15) is 14.4 Å². The summed E-state index contributed by atoms with van der Waals surface area (Å²) in [7, 11) is 0. The van der Waals surface area contributed by atoms with Crippen molar-refractivity contribution in [3.63, 3.8) is 0 Å². The molecule has 3 aromatic rings. The first-order valence-electron chi connectivity index (χ1n) is 11.4. The second-order valence-electron chi connectivity index (χ2n) is 8.82. The van der Waals surface area contributed by atoms with E-state index in [1.807, 2.05) is 43.3 Å². The first-order chi connectivity index (χ1) is 15.4. The number of unbranched alkanes of at least 4 members (excludes halogenated alkanes) is 1. The molecule has 1 amide bonds. The van der Waals surface area contributed by atoms with Gasteiger partial charge in [-0.3, -0.25) is 18.7 Å². The first kappa shape index (κ1) is 23.5. The van der Waals surface area contributed by atoms with Crippen LogP contribution in [0.25, 0.3) is 10.9 Å². The van der Waals surface area contributed by atoms with Crippen LogP contribution in [-0.2, 0) is 17.9 Å². The van der Waals surface area contributed by atoms with E-state index in [0.717, 1.165) is 17.5 Å². The molecule has 0 aliphatic carbocycles. The Kier molecular flexibility index (Phi) is 8.03. The topological polar surface area (TPSA) is 73.1 Å². The molecule has 0 atom stereocenters. The zero-order valence-corrected chi connectivity index (χ0v) is 19.3. The third-order valence-electron chi connectivity index (χ3n) is 5.63. The van der Waals surface area contributed by atoms with Crippen molar-refractivity contribution in [3.8, 4) is 0 Å². The number of hydrogen-bond donors (Lipinski definition) is 1. The second-order valence-corrected chi connectivity index (χ2v) is 8.82. The van der Waals surface area contributed by atoms with Gasteiger partial charge in [-0.25, -0.2) is 4.79 Å². The Morgan fingerprint density at radius 1 is 1.00 bits per heavy atom. The molecule has 0 aliphatic rings. The van der Waals surface area contributed by atoms with Gasteiger partial charge >= 0.3 is 5.69 Å². The van der Waals surface area contributed by atoms with Crippen LogP contribution >= 0.6 is 0 Å². The summed E-state index contributed by atoms with van der Waals surface area (Å²) in [5, 5.41) is 3.46. The Morgan fingerprint density at radius 2 is 1.78 bits per heavy atom. The van der Waals surface area contributed by atoms with Gasteiger partial charge in [-0.15, -0.1) is 0 Å². The van der Waals surface area contributed by atoms with E-state index >= 15 is 0 Å². The van der Waals surface area contributed by atoms with Crippen molar-refractivity contribution < 1.29 is 4.79 Å². The van der Waals surface area contributed by atoms with Crippen LogP contribution in [0.5, 0.6) is 0 Å². The van der Waals surface area contributed by atoms with Crippen molar-refractivity contribution in [1.82, 2.24) is 14.5 Å². The van der Waals surface area contributed by atoms with Gasteiger partial charge in [0.05, 0.1) is 17.4 Å². The maximum absolute atomic E-state index is 13.3. The van der Waals surface area contributed by atoms with Crippen LogP contribution in [0.2, 0.25) is 0 Å². The number of para-hydroxylation sites is 1. The molecular formula is C26H33N3O3. The molecule has 2 aromatic carbocycles. The molecule has 0 spiro atoms. The monoisotopic (exact) mass is 435 g/mol. The van der Waals surface area contributed by atoms with Gasteiger partial charge in [0.25, 0.3) is 5.56 Å². The van der Waals surface area contributed by atoms with Gasteiger partial charge in [-0.2, -0.15) is 0 Å². The fourth-order valence-electron chi connectivity index (χ4n) is 3.86. The van der Waals surface area contributed by atoms with Gasteiger partial charge in [-0.1, -0.05) is 55.8 Å². The molecule has 3 rings (SSSR count). The third-order valence-corrected chi connectivity index (χ3v) is 5.63. The van der Waals surface area contributed by atoms with E-state index in [0.29, 0.717) is 55.7 Å². The highest BCUT2D eigenvalue weighted by Gasteiger charge is 2.13. The van der Waals surface area contributed by atoms with Crippen molar-refractivity contribution in [2.75, 3.05) is 6.54 Å². The van der Waals surface area contributed by atoms with Crippen LogP contribution in [0.1, 0.15) is 50.7 Å². The quantitative estimate of drug-likeness (QED) is 0.492. The molecule has 170 valence electrons. The highest BCUT2D eigenvalue weighted by atomic mass is 16.2. The second kappa shape index (κ2) is 10.9. The third kappa shape index (κ3) is 5.96. The Labute approximate surface area is 188 Å². The van der Waals surface area contributed by atoms with Crippen LogP contribution < -0.4 is 16.6 Å². The largest absolute Gasteiger partial charge is 0.356 e. The van der Waals surface area contributed by atoms with Crippen molar-refractivity contribution in [2.24, 2.45) is 5.92 Å². The van der Waals surface area contributed by atoms with Gasteiger partial charge in [0, 0.05) is 19.5 Å². The van der Waals surface area contributed by atoms with Gasteiger partial charge < -0.3 is 5.32 Å². The number of amides is 1. The minimum Gasteiger partial charge on any atom is -0.356 e. The maximum atomic E-state index is 13.3. The Hall–Kier alpha value is -3.15. The summed E-state index contributed by atoms with van der Waals surface area (Å²) in [6, 6.07) is 15.3.